The maximum atomic E-state index is 11.2. The minimum absolute atomic E-state index is 0.313. The van der Waals surface area contributed by atoms with E-state index in [0.29, 0.717) is 24.8 Å². The van der Waals surface area contributed by atoms with Crippen molar-refractivity contribution in [2.24, 2.45) is 0 Å². The minimum Gasteiger partial charge on any atom is -0.463 e. The van der Waals surface area contributed by atoms with Crippen molar-refractivity contribution < 1.29 is 9.53 Å². The Labute approximate surface area is 98.6 Å². The first-order valence-electron chi connectivity index (χ1n) is 5.74. The van der Waals surface area contributed by atoms with Gasteiger partial charge in [-0.05, 0) is 27.8 Å². The SMILES string of the molecule is C=C(CNCCN(C)C(C)C)C(=O)OCC. The van der Waals surface area contributed by atoms with E-state index < -0.39 is 0 Å². The number of hydrogen-bond acceptors (Lipinski definition) is 4. The van der Waals surface area contributed by atoms with Gasteiger partial charge in [-0.15, -0.1) is 0 Å². The summed E-state index contributed by atoms with van der Waals surface area (Å²) in [4.78, 5) is 13.4. The summed E-state index contributed by atoms with van der Waals surface area (Å²) in [5.41, 5.74) is 0.481. The standard InChI is InChI=1S/C12H24N2O2/c1-6-16-12(15)11(4)9-13-7-8-14(5)10(2)3/h10,13H,4,6-9H2,1-3,5H3. The number of esters is 1. The number of ether oxygens (including phenoxy) is 1. The fraction of sp³-hybridized carbons (Fsp3) is 0.750. The van der Waals surface area contributed by atoms with Crippen LogP contribution in [0.25, 0.3) is 0 Å². The number of carbonyl (C=O) groups excluding carboxylic acids is 1. The number of likely N-dealkylation sites (N-methyl/N-ethyl adjacent to an activating group) is 1. The molecule has 94 valence electrons. The van der Waals surface area contributed by atoms with Gasteiger partial charge in [0.1, 0.15) is 0 Å². The van der Waals surface area contributed by atoms with Gasteiger partial charge < -0.3 is 15.0 Å². The zero-order valence-corrected chi connectivity index (χ0v) is 10.9. The third kappa shape index (κ3) is 6.58. The normalized spacial score (nSPS) is 10.9. The summed E-state index contributed by atoms with van der Waals surface area (Å²) in [6.45, 7) is 12.4. The highest BCUT2D eigenvalue weighted by atomic mass is 16.5. The van der Waals surface area contributed by atoms with E-state index in [2.05, 4.69) is 37.7 Å². The van der Waals surface area contributed by atoms with Crippen molar-refractivity contribution in [2.45, 2.75) is 26.8 Å². The lowest BCUT2D eigenvalue weighted by Crippen LogP contribution is -2.34. The molecule has 0 fully saturated rings. The van der Waals surface area contributed by atoms with Crippen LogP contribution in [0.4, 0.5) is 0 Å². The van der Waals surface area contributed by atoms with Gasteiger partial charge in [-0.1, -0.05) is 6.58 Å². The summed E-state index contributed by atoms with van der Waals surface area (Å²) in [6.07, 6.45) is 0. The van der Waals surface area contributed by atoms with Gasteiger partial charge in [-0.25, -0.2) is 4.79 Å². The second-order valence-electron chi connectivity index (χ2n) is 4.08. The molecular formula is C12H24N2O2. The molecule has 4 nitrogen and oxygen atoms in total. The molecule has 0 aliphatic rings. The Balaban J connectivity index is 3.59. The third-order valence-electron chi connectivity index (χ3n) is 2.43. The largest absolute Gasteiger partial charge is 0.463 e. The second-order valence-corrected chi connectivity index (χ2v) is 4.08. The lowest BCUT2D eigenvalue weighted by molar-refractivity contribution is -0.138. The Kier molecular flexibility index (Phi) is 7.85. The average molecular weight is 228 g/mol. The van der Waals surface area contributed by atoms with Crippen LogP contribution in [0.1, 0.15) is 20.8 Å². The van der Waals surface area contributed by atoms with Crippen molar-refractivity contribution >= 4 is 5.97 Å². The predicted molar refractivity (Wildman–Crippen MR) is 66.4 cm³/mol. The van der Waals surface area contributed by atoms with Gasteiger partial charge in [0.2, 0.25) is 0 Å². The molecule has 0 aromatic heterocycles. The first-order chi connectivity index (χ1) is 7.49. The van der Waals surface area contributed by atoms with Gasteiger partial charge in [-0.3, -0.25) is 0 Å². The number of rotatable bonds is 8. The van der Waals surface area contributed by atoms with Crippen molar-refractivity contribution in [2.75, 3.05) is 33.3 Å². The van der Waals surface area contributed by atoms with Crippen LogP contribution in [0.15, 0.2) is 12.2 Å². The summed E-state index contributed by atoms with van der Waals surface area (Å²) in [5.74, 6) is -0.313. The van der Waals surface area contributed by atoms with Gasteiger partial charge in [0.05, 0.1) is 6.61 Å². The topological polar surface area (TPSA) is 41.6 Å². The molecule has 0 spiro atoms. The molecule has 0 aromatic carbocycles. The smallest absolute Gasteiger partial charge is 0.334 e. The molecule has 0 saturated carbocycles. The van der Waals surface area contributed by atoms with Crippen molar-refractivity contribution in [3.63, 3.8) is 0 Å². The Morgan fingerprint density at radius 2 is 2.12 bits per heavy atom. The van der Waals surface area contributed by atoms with E-state index in [4.69, 9.17) is 4.74 Å². The van der Waals surface area contributed by atoms with E-state index in [1.54, 1.807) is 6.92 Å². The van der Waals surface area contributed by atoms with Gasteiger partial charge in [0.15, 0.2) is 0 Å². The van der Waals surface area contributed by atoms with Gasteiger partial charge >= 0.3 is 5.97 Å². The predicted octanol–water partition coefficient (Wildman–Crippen LogP) is 1.04. The van der Waals surface area contributed by atoms with Crippen LogP contribution in [0, 0.1) is 0 Å². The molecule has 0 aromatic rings. The number of carbonyl (C=O) groups is 1. The van der Waals surface area contributed by atoms with E-state index in [9.17, 15) is 4.79 Å². The fourth-order valence-electron chi connectivity index (χ4n) is 1.06. The van der Waals surface area contributed by atoms with Crippen LogP contribution < -0.4 is 5.32 Å². The second kappa shape index (κ2) is 8.30. The number of nitrogens with one attached hydrogen (secondary N) is 1. The van der Waals surface area contributed by atoms with Crippen molar-refractivity contribution in [1.82, 2.24) is 10.2 Å². The quantitative estimate of drug-likeness (QED) is 0.383. The monoisotopic (exact) mass is 228 g/mol. The maximum absolute atomic E-state index is 11.2. The van der Waals surface area contributed by atoms with Crippen molar-refractivity contribution in [1.29, 1.82) is 0 Å². The van der Waals surface area contributed by atoms with Crippen LogP contribution in [0.5, 0.6) is 0 Å². The summed E-state index contributed by atoms with van der Waals surface area (Å²) < 4.78 is 4.83. The zero-order valence-electron chi connectivity index (χ0n) is 10.9. The van der Waals surface area contributed by atoms with E-state index >= 15 is 0 Å². The van der Waals surface area contributed by atoms with Crippen LogP contribution in [0.3, 0.4) is 0 Å². The number of hydrogen-bond donors (Lipinski definition) is 1. The lowest BCUT2D eigenvalue weighted by atomic mass is 10.3. The molecule has 0 atom stereocenters. The summed E-state index contributed by atoms with van der Waals surface area (Å²) in [6, 6.07) is 0.537. The van der Waals surface area contributed by atoms with Gasteiger partial charge in [0, 0.05) is 31.2 Å². The van der Waals surface area contributed by atoms with E-state index in [1.165, 1.54) is 0 Å². The van der Waals surface area contributed by atoms with Crippen molar-refractivity contribution in [3.8, 4) is 0 Å². The minimum atomic E-state index is -0.313. The molecular weight excluding hydrogens is 204 g/mol. The Morgan fingerprint density at radius 1 is 1.50 bits per heavy atom. The molecule has 0 saturated heterocycles. The Morgan fingerprint density at radius 3 is 2.62 bits per heavy atom. The molecule has 0 unspecified atom stereocenters. The third-order valence-corrected chi connectivity index (χ3v) is 2.43. The maximum Gasteiger partial charge on any atom is 0.334 e. The van der Waals surface area contributed by atoms with E-state index in [0.717, 1.165) is 13.1 Å². The molecule has 0 radical (unpaired) electrons. The highest BCUT2D eigenvalue weighted by Crippen LogP contribution is 1.94. The fourth-order valence-corrected chi connectivity index (χ4v) is 1.06. The molecule has 0 bridgehead atoms. The first kappa shape index (κ1) is 15.1. The van der Waals surface area contributed by atoms with Crippen LogP contribution in [-0.2, 0) is 9.53 Å². The summed E-state index contributed by atoms with van der Waals surface area (Å²) in [7, 11) is 2.08. The van der Waals surface area contributed by atoms with Crippen LogP contribution >= 0.6 is 0 Å². The molecule has 0 heterocycles. The first-order valence-corrected chi connectivity index (χ1v) is 5.74. The molecule has 0 rings (SSSR count). The molecule has 0 aliphatic heterocycles. The zero-order chi connectivity index (χ0) is 12.6. The summed E-state index contributed by atoms with van der Waals surface area (Å²) >= 11 is 0. The van der Waals surface area contributed by atoms with E-state index in [1.807, 2.05) is 0 Å². The molecule has 4 heteroatoms. The number of nitrogens with zero attached hydrogens (tertiary/aromatic N) is 1. The molecule has 1 N–H and O–H groups in total. The molecule has 16 heavy (non-hydrogen) atoms. The Hall–Kier alpha value is -0.870. The Bertz CT molecular complexity index is 227. The van der Waals surface area contributed by atoms with Crippen LogP contribution in [0.2, 0.25) is 0 Å². The van der Waals surface area contributed by atoms with Gasteiger partial charge in [0.25, 0.3) is 0 Å². The molecule has 0 amide bonds. The van der Waals surface area contributed by atoms with Gasteiger partial charge in [-0.2, -0.15) is 0 Å². The average Bonchev–Trinajstić information content (AvgIpc) is 2.23. The highest BCUT2D eigenvalue weighted by Gasteiger charge is 2.07. The highest BCUT2D eigenvalue weighted by molar-refractivity contribution is 5.88. The van der Waals surface area contributed by atoms with E-state index in [-0.39, 0.29) is 5.97 Å². The molecule has 0 aliphatic carbocycles. The van der Waals surface area contributed by atoms with Crippen LogP contribution in [-0.4, -0.2) is 50.2 Å². The summed E-state index contributed by atoms with van der Waals surface area (Å²) in [5, 5.41) is 3.17. The lowest BCUT2D eigenvalue weighted by Gasteiger charge is -2.20. The van der Waals surface area contributed by atoms with Crippen molar-refractivity contribution in [3.05, 3.63) is 12.2 Å².